The number of carbonyl (C=O) groups excluding carboxylic acids is 1. The molecule has 10 heteroatoms. The number of para-hydroxylation sites is 2. The molecule has 0 N–H and O–H groups in total. The Morgan fingerprint density at radius 1 is 1.08 bits per heavy atom. The van der Waals surface area contributed by atoms with E-state index in [0.717, 1.165) is 17.5 Å². The number of carbonyl (C=O) groups is 1. The number of fused-ring (bicyclic) bond motifs is 1. The minimum atomic E-state index is -3.78. The van der Waals surface area contributed by atoms with E-state index in [1.54, 1.807) is 35.2 Å². The van der Waals surface area contributed by atoms with Gasteiger partial charge in [0.1, 0.15) is 5.52 Å². The molecule has 1 saturated heterocycles. The molecule has 2 heterocycles. The van der Waals surface area contributed by atoms with Crippen LogP contribution >= 0.6 is 22.9 Å². The lowest BCUT2D eigenvalue weighted by Crippen LogP contribution is -2.37. The first kappa shape index (κ1) is 24.7. The molecule has 3 aromatic carbocycles. The summed E-state index contributed by atoms with van der Waals surface area (Å²) in [6, 6.07) is 20.4. The molecule has 0 bridgehead atoms. The zero-order chi connectivity index (χ0) is 25.3. The first-order valence-electron chi connectivity index (χ1n) is 11.5. The molecule has 0 saturated carbocycles. The number of amides is 1. The molecule has 1 unspecified atom stereocenters. The van der Waals surface area contributed by atoms with E-state index in [-0.39, 0.29) is 16.9 Å². The first-order chi connectivity index (χ1) is 17.3. The van der Waals surface area contributed by atoms with Crippen molar-refractivity contribution in [1.82, 2.24) is 4.98 Å². The van der Waals surface area contributed by atoms with Gasteiger partial charge in [-0.3, -0.25) is 14.0 Å². The quantitative estimate of drug-likeness (QED) is 0.304. The Kier molecular flexibility index (Phi) is 6.98. The van der Waals surface area contributed by atoms with Crippen molar-refractivity contribution >= 4 is 59.9 Å². The van der Waals surface area contributed by atoms with Crippen LogP contribution in [0.3, 0.4) is 0 Å². The average Bonchev–Trinajstić information content (AvgIpc) is 3.57. The van der Waals surface area contributed by atoms with Crippen LogP contribution in [0.5, 0.6) is 0 Å². The van der Waals surface area contributed by atoms with Crippen LogP contribution in [0.1, 0.15) is 23.2 Å². The summed E-state index contributed by atoms with van der Waals surface area (Å²) in [5, 5.41) is 1.05. The highest BCUT2D eigenvalue weighted by atomic mass is 35.5. The van der Waals surface area contributed by atoms with Crippen LogP contribution in [-0.2, 0) is 14.8 Å². The van der Waals surface area contributed by atoms with Crippen molar-refractivity contribution in [2.75, 3.05) is 29.4 Å². The van der Waals surface area contributed by atoms with Gasteiger partial charge in [0.25, 0.3) is 15.9 Å². The Labute approximate surface area is 218 Å². The average molecular weight is 542 g/mol. The van der Waals surface area contributed by atoms with Gasteiger partial charge in [-0.05, 0) is 61.4 Å². The van der Waals surface area contributed by atoms with Gasteiger partial charge in [-0.15, -0.1) is 0 Å². The number of halogens is 1. The van der Waals surface area contributed by atoms with Gasteiger partial charge in [0.05, 0.1) is 33.0 Å². The number of thiazole rings is 1. The smallest absolute Gasteiger partial charge is 0.264 e. The number of sulfonamides is 1. The third kappa shape index (κ3) is 4.84. The van der Waals surface area contributed by atoms with E-state index < -0.39 is 10.0 Å². The van der Waals surface area contributed by atoms with Crippen LogP contribution in [0.2, 0.25) is 5.02 Å². The van der Waals surface area contributed by atoms with Crippen molar-refractivity contribution in [2.24, 2.45) is 0 Å². The Balaban J connectivity index is 1.45. The topological polar surface area (TPSA) is 79.8 Å². The molecule has 36 heavy (non-hydrogen) atoms. The zero-order valence-corrected chi connectivity index (χ0v) is 21.9. The van der Waals surface area contributed by atoms with Gasteiger partial charge in [0, 0.05) is 19.2 Å². The molecule has 7 nitrogen and oxygen atoms in total. The SMILES string of the molecule is CN(c1ccccc1)S(=O)(=O)c1ccc(C(=O)N(CC2CCCO2)c2nc3c(Cl)cccc3s2)cc1. The van der Waals surface area contributed by atoms with Crippen LogP contribution in [0, 0.1) is 0 Å². The maximum atomic E-state index is 13.7. The standard InChI is InChI=1S/C26H24ClN3O4S2/c1-29(19-7-3-2-4-8-19)36(32,33)21-14-12-18(13-15-21)25(31)30(17-20-9-6-16-34-20)26-28-24-22(27)10-5-11-23(24)35-26/h2-5,7-8,10-15,20H,6,9,16-17H2,1H3. The van der Waals surface area contributed by atoms with Crippen molar-refractivity contribution in [1.29, 1.82) is 0 Å². The fourth-order valence-electron chi connectivity index (χ4n) is 4.12. The fraction of sp³-hybridized carbons (Fsp3) is 0.231. The Morgan fingerprint density at radius 2 is 1.83 bits per heavy atom. The molecule has 1 amide bonds. The normalized spacial score (nSPS) is 15.8. The Hall–Kier alpha value is -2.98. The molecular formula is C26H24ClN3O4S2. The second-order valence-electron chi connectivity index (χ2n) is 8.47. The maximum Gasteiger partial charge on any atom is 0.264 e. The van der Waals surface area contributed by atoms with Gasteiger partial charge >= 0.3 is 0 Å². The number of hydrogen-bond acceptors (Lipinski definition) is 6. The number of ether oxygens (including phenoxy) is 1. The third-order valence-electron chi connectivity index (χ3n) is 6.12. The number of anilines is 2. The Bertz CT molecular complexity index is 1480. The largest absolute Gasteiger partial charge is 0.376 e. The molecule has 1 fully saturated rings. The van der Waals surface area contributed by atoms with Gasteiger partial charge in [-0.25, -0.2) is 13.4 Å². The van der Waals surface area contributed by atoms with Gasteiger partial charge < -0.3 is 4.74 Å². The summed E-state index contributed by atoms with van der Waals surface area (Å²) in [4.78, 5) is 20.0. The van der Waals surface area contributed by atoms with Gasteiger partial charge in [0.15, 0.2) is 5.13 Å². The summed E-state index contributed by atoms with van der Waals surface area (Å²) < 4.78 is 34.1. The summed E-state index contributed by atoms with van der Waals surface area (Å²) in [6.07, 6.45) is 1.72. The molecule has 0 aliphatic carbocycles. The van der Waals surface area contributed by atoms with E-state index in [9.17, 15) is 13.2 Å². The molecule has 4 aromatic rings. The van der Waals surface area contributed by atoms with Crippen LogP contribution in [0.4, 0.5) is 10.8 Å². The van der Waals surface area contributed by atoms with Crippen molar-refractivity contribution < 1.29 is 17.9 Å². The summed E-state index contributed by atoms with van der Waals surface area (Å²) >= 11 is 7.71. The van der Waals surface area contributed by atoms with E-state index in [2.05, 4.69) is 4.98 Å². The number of nitrogens with zero attached hydrogens (tertiary/aromatic N) is 3. The minimum absolute atomic E-state index is 0.0874. The summed E-state index contributed by atoms with van der Waals surface area (Å²) in [5.41, 5.74) is 1.56. The van der Waals surface area contributed by atoms with Crippen molar-refractivity contribution in [3.8, 4) is 0 Å². The molecule has 186 valence electrons. The van der Waals surface area contributed by atoms with E-state index in [1.165, 1.54) is 47.0 Å². The summed E-state index contributed by atoms with van der Waals surface area (Å²) in [6.45, 7) is 1.02. The van der Waals surface area contributed by atoms with Gasteiger partial charge in [-0.1, -0.05) is 47.2 Å². The summed E-state index contributed by atoms with van der Waals surface area (Å²) in [7, 11) is -2.28. The molecule has 1 aliphatic rings. The lowest BCUT2D eigenvalue weighted by atomic mass is 10.2. The molecule has 5 rings (SSSR count). The minimum Gasteiger partial charge on any atom is -0.376 e. The second-order valence-corrected chi connectivity index (χ2v) is 11.9. The molecule has 0 radical (unpaired) electrons. The predicted molar refractivity (Wildman–Crippen MR) is 144 cm³/mol. The number of benzene rings is 3. The zero-order valence-electron chi connectivity index (χ0n) is 19.5. The third-order valence-corrected chi connectivity index (χ3v) is 9.27. The number of rotatable bonds is 7. The Morgan fingerprint density at radius 3 is 2.50 bits per heavy atom. The molecule has 1 atom stereocenters. The van der Waals surface area contributed by atoms with Crippen LogP contribution in [0.25, 0.3) is 10.2 Å². The fourth-order valence-corrected chi connectivity index (χ4v) is 6.59. The lowest BCUT2D eigenvalue weighted by molar-refractivity contribution is 0.0917. The first-order valence-corrected chi connectivity index (χ1v) is 14.1. The highest BCUT2D eigenvalue weighted by Crippen LogP contribution is 2.34. The van der Waals surface area contributed by atoms with E-state index in [1.807, 2.05) is 18.2 Å². The van der Waals surface area contributed by atoms with Crippen LogP contribution in [0.15, 0.2) is 77.7 Å². The van der Waals surface area contributed by atoms with E-state index in [4.69, 9.17) is 16.3 Å². The van der Waals surface area contributed by atoms with Crippen LogP contribution in [-0.4, -0.2) is 45.6 Å². The van der Waals surface area contributed by atoms with Gasteiger partial charge in [0.2, 0.25) is 0 Å². The number of aromatic nitrogens is 1. The summed E-state index contributed by atoms with van der Waals surface area (Å²) in [5.74, 6) is -0.277. The monoisotopic (exact) mass is 541 g/mol. The number of hydrogen-bond donors (Lipinski definition) is 0. The van der Waals surface area contributed by atoms with Crippen molar-refractivity contribution in [3.63, 3.8) is 0 Å². The van der Waals surface area contributed by atoms with Crippen LogP contribution < -0.4 is 9.21 Å². The van der Waals surface area contributed by atoms with E-state index in [0.29, 0.717) is 40.1 Å². The molecule has 1 aliphatic heterocycles. The highest BCUT2D eigenvalue weighted by Gasteiger charge is 2.28. The highest BCUT2D eigenvalue weighted by molar-refractivity contribution is 7.92. The molecule has 0 spiro atoms. The molecule has 1 aromatic heterocycles. The van der Waals surface area contributed by atoms with Crippen molar-refractivity contribution in [3.05, 3.63) is 83.4 Å². The van der Waals surface area contributed by atoms with Crippen molar-refractivity contribution in [2.45, 2.75) is 23.8 Å². The predicted octanol–water partition coefficient (Wildman–Crippen LogP) is 5.60. The second kappa shape index (κ2) is 10.2. The lowest BCUT2D eigenvalue weighted by Gasteiger charge is -2.23. The molecular weight excluding hydrogens is 518 g/mol. The van der Waals surface area contributed by atoms with E-state index >= 15 is 0 Å². The maximum absolute atomic E-state index is 13.7. The van der Waals surface area contributed by atoms with Gasteiger partial charge in [-0.2, -0.15) is 0 Å².